The molecule has 2 aliphatic carbocycles. The van der Waals surface area contributed by atoms with E-state index in [0.29, 0.717) is 18.4 Å². The van der Waals surface area contributed by atoms with Crippen molar-refractivity contribution in [2.75, 3.05) is 13.2 Å². The molecule has 1 saturated heterocycles. The summed E-state index contributed by atoms with van der Waals surface area (Å²) in [4.78, 5) is 27.2. The second-order valence-electron chi connectivity index (χ2n) is 8.26. The van der Waals surface area contributed by atoms with E-state index in [-0.39, 0.29) is 49.5 Å². The van der Waals surface area contributed by atoms with Crippen LogP contribution in [-0.4, -0.2) is 48.1 Å². The molecule has 4 rings (SSSR count). The summed E-state index contributed by atoms with van der Waals surface area (Å²) in [6.45, 7) is 0.732. The van der Waals surface area contributed by atoms with Crippen LogP contribution in [0.25, 0.3) is 0 Å². The van der Waals surface area contributed by atoms with Crippen molar-refractivity contribution in [1.29, 1.82) is 0 Å². The Balaban J connectivity index is 0.00000225. The van der Waals surface area contributed by atoms with Gasteiger partial charge in [0.2, 0.25) is 11.8 Å². The summed E-state index contributed by atoms with van der Waals surface area (Å²) < 4.78 is 5.41. The van der Waals surface area contributed by atoms with E-state index in [1.54, 1.807) is 4.90 Å². The summed E-state index contributed by atoms with van der Waals surface area (Å²) in [6, 6.07) is 9.66. The molecule has 2 amide bonds. The third kappa shape index (κ3) is 4.50. The van der Waals surface area contributed by atoms with Gasteiger partial charge in [0.25, 0.3) is 0 Å². The van der Waals surface area contributed by atoms with Crippen molar-refractivity contribution < 1.29 is 14.3 Å². The molecule has 154 valence electrons. The molecule has 2 saturated carbocycles. The number of nitrogens with zero attached hydrogens (tertiary/aromatic N) is 1. The maximum Gasteiger partial charge on any atom is 0.249 e. The third-order valence-corrected chi connectivity index (χ3v) is 6.38. The van der Waals surface area contributed by atoms with Crippen LogP contribution in [-0.2, 0) is 20.9 Å². The predicted molar refractivity (Wildman–Crippen MR) is 109 cm³/mol. The number of nitrogens with two attached hydrogens (primary N) is 1. The molecule has 1 aromatic carbocycles. The average Bonchev–Trinajstić information content (AvgIpc) is 2.65. The molecule has 1 heterocycles. The highest BCUT2D eigenvalue weighted by molar-refractivity contribution is 5.89. The minimum atomic E-state index is -0.567. The van der Waals surface area contributed by atoms with Crippen molar-refractivity contribution in [2.45, 2.75) is 56.8 Å². The van der Waals surface area contributed by atoms with E-state index in [9.17, 15) is 9.59 Å². The van der Waals surface area contributed by atoms with Gasteiger partial charge in [-0.05, 0) is 43.1 Å². The largest absolute Gasteiger partial charge is 0.369 e. The molecule has 3 fully saturated rings. The van der Waals surface area contributed by atoms with E-state index in [1.165, 1.54) is 6.42 Å². The summed E-state index contributed by atoms with van der Waals surface area (Å²) >= 11 is 0. The molecule has 1 aliphatic heterocycles. The fourth-order valence-corrected chi connectivity index (χ4v) is 5.09. The van der Waals surface area contributed by atoms with Crippen molar-refractivity contribution in [1.82, 2.24) is 10.2 Å². The maximum atomic E-state index is 13.1. The first kappa shape index (κ1) is 21.1. The topological polar surface area (TPSA) is 84.7 Å². The standard InChI is InChI=1S/C21H29N3O3.ClH/c22-17-9-15-7-4-8-16(10-17)20(15)23-21(26)18-12-27-13-19(25)24(18)11-14-5-2-1-3-6-14;/h1-3,5-6,15-18,20H,4,7-13,22H2,(H,23,26);1H/t15?,16?,17?,18-,20?;/m1./s1. The zero-order valence-corrected chi connectivity index (χ0v) is 16.9. The lowest BCUT2D eigenvalue weighted by Crippen LogP contribution is -2.60. The first-order valence-corrected chi connectivity index (χ1v) is 10.1. The van der Waals surface area contributed by atoms with Gasteiger partial charge >= 0.3 is 0 Å². The van der Waals surface area contributed by atoms with E-state index < -0.39 is 6.04 Å². The van der Waals surface area contributed by atoms with Gasteiger partial charge in [-0.25, -0.2) is 0 Å². The number of hydrogen-bond donors (Lipinski definition) is 2. The van der Waals surface area contributed by atoms with Gasteiger partial charge in [0.1, 0.15) is 12.6 Å². The number of halogens is 1. The van der Waals surface area contributed by atoms with E-state index in [0.717, 1.165) is 31.2 Å². The zero-order chi connectivity index (χ0) is 18.8. The molecule has 0 radical (unpaired) electrons. The van der Waals surface area contributed by atoms with Crippen molar-refractivity contribution in [2.24, 2.45) is 17.6 Å². The number of benzene rings is 1. The molecule has 6 nitrogen and oxygen atoms in total. The van der Waals surface area contributed by atoms with Crippen LogP contribution in [0.5, 0.6) is 0 Å². The van der Waals surface area contributed by atoms with Gasteiger partial charge in [-0.3, -0.25) is 9.59 Å². The molecular formula is C21H30ClN3O3. The van der Waals surface area contributed by atoms with Gasteiger partial charge in [0.05, 0.1) is 6.61 Å². The predicted octanol–water partition coefficient (Wildman–Crippen LogP) is 1.86. The zero-order valence-electron chi connectivity index (χ0n) is 16.1. The van der Waals surface area contributed by atoms with Gasteiger partial charge in [0, 0.05) is 18.6 Å². The molecule has 28 heavy (non-hydrogen) atoms. The van der Waals surface area contributed by atoms with Gasteiger partial charge in [-0.1, -0.05) is 36.8 Å². The molecule has 2 bridgehead atoms. The number of nitrogens with one attached hydrogen (secondary N) is 1. The van der Waals surface area contributed by atoms with Crippen LogP contribution in [0.4, 0.5) is 0 Å². The smallest absolute Gasteiger partial charge is 0.249 e. The Bertz CT molecular complexity index is 673. The monoisotopic (exact) mass is 407 g/mol. The normalized spacial score (nSPS) is 32.4. The second-order valence-corrected chi connectivity index (χ2v) is 8.26. The minimum Gasteiger partial charge on any atom is -0.369 e. The lowest BCUT2D eigenvalue weighted by molar-refractivity contribution is -0.156. The average molecular weight is 408 g/mol. The van der Waals surface area contributed by atoms with Crippen LogP contribution in [0.2, 0.25) is 0 Å². The van der Waals surface area contributed by atoms with E-state index >= 15 is 0 Å². The van der Waals surface area contributed by atoms with Crippen LogP contribution in [0.1, 0.15) is 37.7 Å². The summed E-state index contributed by atoms with van der Waals surface area (Å²) in [5.74, 6) is 0.700. The molecule has 7 heteroatoms. The van der Waals surface area contributed by atoms with Gasteiger partial charge in [0.15, 0.2) is 0 Å². The number of amides is 2. The lowest BCUT2D eigenvalue weighted by atomic mass is 9.67. The van der Waals surface area contributed by atoms with Crippen LogP contribution in [0, 0.1) is 11.8 Å². The van der Waals surface area contributed by atoms with E-state index in [1.807, 2.05) is 30.3 Å². The van der Waals surface area contributed by atoms with Crippen molar-refractivity contribution in [3.8, 4) is 0 Å². The first-order chi connectivity index (χ1) is 13.1. The van der Waals surface area contributed by atoms with E-state index in [4.69, 9.17) is 10.5 Å². The Morgan fingerprint density at radius 1 is 1.18 bits per heavy atom. The Morgan fingerprint density at radius 3 is 2.54 bits per heavy atom. The van der Waals surface area contributed by atoms with Gasteiger partial charge < -0.3 is 20.7 Å². The third-order valence-electron chi connectivity index (χ3n) is 6.38. The summed E-state index contributed by atoms with van der Waals surface area (Å²) in [5.41, 5.74) is 7.22. The summed E-state index contributed by atoms with van der Waals surface area (Å²) in [5, 5.41) is 3.28. The Hall–Kier alpha value is -1.63. The molecule has 2 unspecified atom stereocenters. The molecule has 3 aliphatic rings. The Morgan fingerprint density at radius 2 is 1.86 bits per heavy atom. The number of ether oxygens (including phenoxy) is 1. The molecular weight excluding hydrogens is 378 g/mol. The quantitative estimate of drug-likeness (QED) is 0.797. The Kier molecular flexibility index (Phi) is 6.96. The van der Waals surface area contributed by atoms with Gasteiger partial charge in [-0.2, -0.15) is 0 Å². The van der Waals surface area contributed by atoms with Crippen molar-refractivity contribution in [3.05, 3.63) is 35.9 Å². The fraction of sp³-hybridized carbons (Fsp3) is 0.619. The second kappa shape index (κ2) is 9.25. The summed E-state index contributed by atoms with van der Waals surface area (Å²) in [6.07, 6.45) is 5.44. The van der Waals surface area contributed by atoms with Crippen LogP contribution in [0.3, 0.4) is 0 Å². The number of carbonyl (C=O) groups excluding carboxylic acids is 2. The Labute approximate surface area is 172 Å². The number of carbonyl (C=O) groups is 2. The molecule has 1 aromatic rings. The number of rotatable bonds is 4. The van der Waals surface area contributed by atoms with Crippen molar-refractivity contribution >= 4 is 24.2 Å². The molecule has 3 atom stereocenters. The van der Waals surface area contributed by atoms with Crippen LogP contribution in [0.15, 0.2) is 30.3 Å². The van der Waals surface area contributed by atoms with Crippen LogP contribution >= 0.6 is 12.4 Å². The first-order valence-electron chi connectivity index (χ1n) is 10.1. The van der Waals surface area contributed by atoms with Crippen molar-refractivity contribution in [3.63, 3.8) is 0 Å². The summed E-state index contributed by atoms with van der Waals surface area (Å²) in [7, 11) is 0. The number of morpholine rings is 1. The highest BCUT2D eigenvalue weighted by Gasteiger charge is 2.42. The SMILES string of the molecule is Cl.NC1CC2CCCC(C1)C2NC(=O)[C@H]1COCC(=O)N1Cc1ccccc1. The molecule has 3 N–H and O–H groups in total. The minimum absolute atomic E-state index is 0. The lowest BCUT2D eigenvalue weighted by Gasteiger charge is -2.46. The fourth-order valence-electron chi connectivity index (χ4n) is 5.09. The van der Waals surface area contributed by atoms with E-state index in [2.05, 4.69) is 5.32 Å². The number of fused-ring (bicyclic) bond motifs is 2. The maximum absolute atomic E-state index is 13.1. The highest BCUT2D eigenvalue weighted by atomic mass is 35.5. The van der Waals surface area contributed by atoms with Crippen LogP contribution < -0.4 is 11.1 Å². The molecule has 0 spiro atoms. The van der Waals surface area contributed by atoms with Gasteiger partial charge in [-0.15, -0.1) is 12.4 Å². The molecule has 0 aromatic heterocycles. The number of hydrogen-bond acceptors (Lipinski definition) is 4. The highest BCUT2D eigenvalue weighted by Crippen LogP contribution is 2.39.